The van der Waals surface area contributed by atoms with Crippen LogP contribution in [0.2, 0.25) is 0 Å². The third kappa shape index (κ3) is 5.47. The number of carbonyl (C=O) groups excluding carboxylic acids is 1. The lowest BCUT2D eigenvalue weighted by atomic mass is 10.2. The zero-order valence-electron chi connectivity index (χ0n) is 15.6. The molecule has 1 amide bonds. The van der Waals surface area contributed by atoms with E-state index in [0.717, 1.165) is 20.8 Å². The number of thioether (sulfide) groups is 1. The maximum atomic E-state index is 12.8. The van der Waals surface area contributed by atoms with Crippen molar-refractivity contribution in [2.45, 2.75) is 10.6 Å². The van der Waals surface area contributed by atoms with Crippen molar-refractivity contribution in [2.24, 2.45) is 0 Å². The van der Waals surface area contributed by atoms with Gasteiger partial charge in [0.05, 0.1) is 28.7 Å². The van der Waals surface area contributed by atoms with Gasteiger partial charge < -0.3 is 10.1 Å². The molecule has 150 valence electrons. The van der Waals surface area contributed by atoms with Crippen molar-refractivity contribution in [3.05, 3.63) is 93.5 Å². The van der Waals surface area contributed by atoms with E-state index in [1.54, 1.807) is 41.4 Å². The molecule has 0 aliphatic carbocycles. The Bertz CT molecular complexity index is 1140. The minimum atomic E-state index is -0.182. The van der Waals surface area contributed by atoms with Gasteiger partial charge in [0, 0.05) is 26.6 Å². The van der Waals surface area contributed by atoms with Gasteiger partial charge in [0.15, 0.2) is 0 Å². The van der Waals surface area contributed by atoms with Crippen molar-refractivity contribution in [3.8, 4) is 11.6 Å². The van der Waals surface area contributed by atoms with E-state index in [4.69, 9.17) is 4.74 Å². The Hall–Kier alpha value is -2.68. The average molecular weight is 498 g/mol. The fourth-order valence-electron chi connectivity index (χ4n) is 2.60. The van der Waals surface area contributed by atoms with Crippen LogP contribution >= 0.6 is 39.0 Å². The summed E-state index contributed by atoms with van der Waals surface area (Å²) in [4.78, 5) is 22.3. The summed E-state index contributed by atoms with van der Waals surface area (Å²) < 4.78 is 6.65. The molecule has 2 aromatic carbocycles. The Labute approximate surface area is 190 Å². The van der Waals surface area contributed by atoms with Crippen molar-refractivity contribution in [2.75, 3.05) is 5.32 Å². The molecule has 0 aliphatic heterocycles. The second kappa shape index (κ2) is 9.88. The maximum Gasteiger partial charge on any atom is 0.256 e. The molecule has 0 unspecified atom stereocenters. The zero-order chi connectivity index (χ0) is 20.8. The summed E-state index contributed by atoms with van der Waals surface area (Å²) >= 11 is 6.57. The number of hydrogen-bond donors (Lipinski definition) is 1. The molecule has 1 N–H and O–H groups in total. The van der Waals surface area contributed by atoms with E-state index in [-0.39, 0.29) is 5.91 Å². The minimum Gasteiger partial charge on any atom is -0.439 e. The lowest BCUT2D eigenvalue weighted by molar-refractivity contribution is 0.102. The molecule has 5 nitrogen and oxygen atoms in total. The number of pyridine rings is 1. The van der Waals surface area contributed by atoms with E-state index in [1.165, 1.54) is 0 Å². The minimum absolute atomic E-state index is 0.182. The van der Waals surface area contributed by atoms with Crippen LogP contribution < -0.4 is 10.1 Å². The fourth-order valence-corrected chi connectivity index (χ4v) is 4.60. The summed E-state index contributed by atoms with van der Waals surface area (Å²) in [5.41, 5.74) is 4.03. The predicted octanol–water partition coefficient (Wildman–Crippen LogP) is 6.64. The Balaban J connectivity index is 1.41. The summed E-state index contributed by atoms with van der Waals surface area (Å²) in [7, 11) is 0. The first kappa shape index (κ1) is 20.6. The second-order valence-corrected chi connectivity index (χ2v) is 8.81. The SMILES string of the molecule is O=C(Nc1ccc(Oc2cccc(Br)c2)nc1)c1ccccc1SCc1cscn1. The number of amides is 1. The van der Waals surface area contributed by atoms with E-state index < -0.39 is 0 Å². The third-order valence-electron chi connectivity index (χ3n) is 4.00. The number of anilines is 1. The third-order valence-corrected chi connectivity index (χ3v) is 6.24. The molecule has 4 aromatic rings. The Morgan fingerprint density at radius 1 is 1.10 bits per heavy atom. The number of nitrogens with zero attached hydrogens (tertiary/aromatic N) is 2. The van der Waals surface area contributed by atoms with Gasteiger partial charge in [-0.2, -0.15) is 0 Å². The molecule has 30 heavy (non-hydrogen) atoms. The number of rotatable bonds is 7. The monoisotopic (exact) mass is 497 g/mol. The molecule has 0 atom stereocenters. The lowest BCUT2D eigenvalue weighted by Gasteiger charge is -2.10. The van der Waals surface area contributed by atoms with Gasteiger partial charge in [-0.25, -0.2) is 9.97 Å². The van der Waals surface area contributed by atoms with E-state index in [0.29, 0.717) is 22.9 Å². The highest BCUT2D eigenvalue weighted by Gasteiger charge is 2.12. The highest BCUT2D eigenvalue weighted by Crippen LogP contribution is 2.27. The molecule has 2 aromatic heterocycles. The van der Waals surface area contributed by atoms with Crippen molar-refractivity contribution < 1.29 is 9.53 Å². The van der Waals surface area contributed by atoms with Gasteiger partial charge in [0.2, 0.25) is 5.88 Å². The highest BCUT2D eigenvalue weighted by atomic mass is 79.9. The molecule has 2 heterocycles. The van der Waals surface area contributed by atoms with Crippen molar-refractivity contribution in [1.82, 2.24) is 9.97 Å². The molecule has 0 bridgehead atoms. The molecule has 4 rings (SSSR count). The average Bonchev–Trinajstić information content (AvgIpc) is 3.28. The molecular weight excluding hydrogens is 482 g/mol. The van der Waals surface area contributed by atoms with Gasteiger partial charge in [-0.05, 0) is 36.4 Å². The number of halogens is 1. The summed E-state index contributed by atoms with van der Waals surface area (Å²) in [6, 6.07) is 18.5. The van der Waals surface area contributed by atoms with E-state index in [1.807, 2.05) is 59.4 Å². The van der Waals surface area contributed by atoms with Gasteiger partial charge in [-0.3, -0.25) is 4.79 Å². The number of benzene rings is 2. The summed E-state index contributed by atoms with van der Waals surface area (Å²) in [5.74, 6) is 1.67. The van der Waals surface area contributed by atoms with Crippen LogP contribution in [0.4, 0.5) is 5.69 Å². The summed E-state index contributed by atoms with van der Waals surface area (Å²) in [5, 5.41) is 4.91. The molecule has 0 aliphatic rings. The maximum absolute atomic E-state index is 12.8. The molecular formula is C22H16BrN3O2S2. The first-order valence-corrected chi connectivity index (χ1v) is 11.7. The van der Waals surface area contributed by atoms with Crippen molar-refractivity contribution in [3.63, 3.8) is 0 Å². The standard InChI is InChI=1S/C22H16BrN3O2S2/c23-15-4-3-5-18(10-15)28-21-9-8-16(11-24-21)26-22(27)19-6-1-2-7-20(19)30-13-17-12-29-14-25-17/h1-12,14H,13H2,(H,26,27). The van der Waals surface area contributed by atoms with Crippen molar-refractivity contribution >= 4 is 50.6 Å². The lowest BCUT2D eigenvalue weighted by Crippen LogP contribution is -2.13. The Kier molecular flexibility index (Phi) is 6.78. The molecule has 8 heteroatoms. The Morgan fingerprint density at radius 2 is 2.00 bits per heavy atom. The van der Waals surface area contributed by atoms with Gasteiger partial charge >= 0.3 is 0 Å². The van der Waals surface area contributed by atoms with Gasteiger partial charge in [0.25, 0.3) is 5.91 Å². The molecule has 0 radical (unpaired) electrons. The van der Waals surface area contributed by atoms with Crippen LogP contribution in [0.25, 0.3) is 0 Å². The van der Waals surface area contributed by atoms with E-state index in [9.17, 15) is 4.79 Å². The Morgan fingerprint density at radius 3 is 2.77 bits per heavy atom. The second-order valence-electron chi connectivity index (χ2n) is 6.16. The van der Waals surface area contributed by atoms with Crippen LogP contribution in [-0.2, 0) is 5.75 Å². The topological polar surface area (TPSA) is 64.1 Å². The largest absolute Gasteiger partial charge is 0.439 e. The summed E-state index contributed by atoms with van der Waals surface area (Å²) in [6.45, 7) is 0. The zero-order valence-corrected chi connectivity index (χ0v) is 18.8. The number of aromatic nitrogens is 2. The molecule has 0 spiro atoms. The van der Waals surface area contributed by atoms with Crippen LogP contribution in [-0.4, -0.2) is 15.9 Å². The van der Waals surface area contributed by atoms with E-state index in [2.05, 4.69) is 31.2 Å². The molecule has 0 saturated carbocycles. The van der Waals surface area contributed by atoms with Crippen LogP contribution in [0.1, 0.15) is 16.1 Å². The smallest absolute Gasteiger partial charge is 0.256 e. The van der Waals surface area contributed by atoms with Gasteiger partial charge in [-0.1, -0.05) is 34.1 Å². The van der Waals surface area contributed by atoms with Crippen LogP contribution in [0.15, 0.2) is 87.1 Å². The van der Waals surface area contributed by atoms with Gasteiger partial charge in [-0.15, -0.1) is 23.1 Å². The van der Waals surface area contributed by atoms with Gasteiger partial charge in [0.1, 0.15) is 5.75 Å². The normalized spacial score (nSPS) is 10.6. The highest BCUT2D eigenvalue weighted by molar-refractivity contribution is 9.10. The van der Waals surface area contributed by atoms with Crippen LogP contribution in [0, 0.1) is 0 Å². The van der Waals surface area contributed by atoms with Crippen molar-refractivity contribution in [1.29, 1.82) is 0 Å². The molecule has 0 saturated heterocycles. The number of ether oxygens (including phenoxy) is 1. The molecule has 0 fully saturated rings. The first-order chi connectivity index (χ1) is 14.7. The number of hydrogen-bond acceptors (Lipinski definition) is 6. The van der Waals surface area contributed by atoms with E-state index >= 15 is 0 Å². The number of nitrogens with one attached hydrogen (secondary N) is 1. The van der Waals surface area contributed by atoms with Crippen LogP contribution in [0.3, 0.4) is 0 Å². The predicted molar refractivity (Wildman–Crippen MR) is 125 cm³/mol. The summed E-state index contributed by atoms with van der Waals surface area (Å²) in [6.07, 6.45) is 1.58. The number of thiazole rings is 1. The number of carbonyl (C=O) groups is 1. The van der Waals surface area contributed by atoms with Crippen LogP contribution in [0.5, 0.6) is 11.6 Å². The fraction of sp³-hybridized carbons (Fsp3) is 0.0455. The quantitative estimate of drug-likeness (QED) is 0.290. The first-order valence-electron chi connectivity index (χ1n) is 8.97.